The topological polar surface area (TPSA) is 59.1 Å². The molecule has 1 spiro atoms. The molecule has 4 aliphatic rings. The number of fused-ring (bicyclic) bond motifs is 2. The van der Waals surface area contributed by atoms with Crippen LogP contribution in [0.25, 0.3) is 0 Å². The summed E-state index contributed by atoms with van der Waals surface area (Å²) in [5.41, 5.74) is 1.15. The molecule has 2 atom stereocenters. The third-order valence-electron chi connectivity index (χ3n) is 7.38. The maximum absolute atomic E-state index is 13.8. The van der Waals surface area contributed by atoms with E-state index in [2.05, 4.69) is 0 Å². The summed E-state index contributed by atoms with van der Waals surface area (Å²) in [6.07, 6.45) is 2.44. The van der Waals surface area contributed by atoms with E-state index >= 15 is 0 Å². The molecule has 0 N–H and O–H groups in total. The summed E-state index contributed by atoms with van der Waals surface area (Å²) in [4.78, 5) is 30.0. The summed E-state index contributed by atoms with van der Waals surface area (Å²) in [6, 6.07) is 8.53. The smallest absolute Gasteiger partial charge is 0.257 e. The second-order valence-corrected chi connectivity index (χ2v) is 9.29. The number of halogens is 2. The molecule has 0 radical (unpaired) electrons. The first-order chi connectivity index (χ1) is 15.9. The van der Waals surface area contributed by atoms with Crippen LogP contribution in [0.2, 0.25) is 0 Å². The molecule has 33 heavy (non-hydrogen) atoms. The molecule has 6 nitrogen and oxygen atoms in total. The molecule has 0 saturated carbocycles. The van der Waals surface area contributed by atoms with Crippen LogP contribution in [0.4, 0.5) is 8.78 Å². The van der Waals surface area contributed by atoms with Gasteiger partial charge in [0, 0.05) is 44.0 Å². The zero-order valence-electron chi connectivity index (χ0n) is 18.1. The molecule has 2 amide bonds. The Balaban J connectivity index is 1.17. The number of hydrogen-bond acceptors (Lipinski definition) is 4. The third-order valence-corrected chi connectivity index (χ3v) is 7.38. The number of benzene rings is 2. The van der Waals surface area contributed by atoms with Crippen molar-refractivity contribution in [2.45, 2.75) is 50.0 Å². The van der Waals surface area contributed by atoms with Crippen molar-refractivity contribution in [1.82, 2.24) is 9.80 Å². The van der Waals surface area contributed by atoms with Crippen molar-refractivity contribution in [3.63, 3.8) is 0 Å². The average molecular weight is 454 g/mol. The zero-order valence-corrected chi connectivity index (χ0v) is 18.1. The third kappa shape index (κ3) is 3.30. The summed E-state index contributed by atoms with van der Waals surface area (Å²) >= 11 is 0. The molecule has 6 rings (SSSR count). The predicted octanol–water partition coefficient (Wildman–Crippen LogP) is 3.59. The standard InChI is InChI=1S/C25H24F2N2O4/c26-18-12-17(13-19(27)14-18)20-2-4-22-29(20)24(31)25(33-22)6-8-28(9-7-25)23(30)16-1-3-21-15(11-16)5-10-32-21/h1,3,11-14,20,22H,2,4-10H2. The normalized spacial score (nSPS) is 25.3. The molecule has 2 unspecified atom stereocenters. The van der Waals surface area contributed by atoms with Gasteiger partial charge in [0.25, 0.3) is 11.8 Å². The molecular formula is C25H24F2N2O4. The van der Waals surface area contributed by atoms with Crippen LogP contribution < -0.4 is 4.74 Å². The summed E-state index contributed by atoms with van der Waals surface area (Å²) in [5, 5.41) is 0. The van der Waals surface area contributed by atoms with Gasteiger partial charge in [0.2, 0.25) is 0 Å². The second-order valence-electron chi connectivity index (χ2n) is 9.29. The molecule has 172 valence electrons. The fourth-order valence-electron chi connectivity index (χ4n) is 5.71. The Bertz CT molecular complexity index is 1120. The van der Waals surface area contributed by atoms with Crippen molar-refractivity contribution in [1.29, 1.82) is 0 Å². The van der Waals surface area contributed by atoms with Gasteiger partial charge in [0.15, 0.2) is 5.60 Å². The molecule has 4 aliphatic heterocycles. The molecule has 4 heterocycles. The van der Waals surface area contributed by atoms with Crippen LogP contribution in [0.1, 0.15) is 53.2 Å². The van der Waals surface area contributed by atoms with Crippen molar-refractivity contribution in [3.8, 4) is 5.75 Å². The number of ether oxygens (including phenoxy) is 2. The van der Waals surface area contributed by atoms with Gasteiger partial charge in [0.1, 0.15) is 23.6 Å². The molecule has 3 fully saturated rings. The Labute approximate surface area is 190 Å². The highest BCUT2D eigenvalue weighted by atomic mass is 19.1. The van der Waals surface area contributed by atoms with Gasteiger partial charge in [-0.3, -0.25) is 9.59 Å². The highest BCUT2D eigenvalue weighted by Gasteiger charge is 2.58. The van der Waals surface area contributed by atoms with E-state index < -0.39 is 29.5 Å². The molecule has 0 aliphatic carbocycles. The number of likely N-dealkylation sites (tertiary alicyclic amines) is 1. The van der Waals surface area contributed by atoms with Gasteiger partial charge in [-0.1, -0.05) is 0 Å². The van der Waals surface area contributed by atoms with Crippen LogP contribution in [0.5, 0.6) is 5.75 Å². The van der Waals surface area contributed by atoms with Crippen LogP contribution >= 0.6 is 0 Å². The fourth-order valence-corrected chi connectivity index (χ4v) is 5.71. The quantitative estimate of drug-likeness (QED) is 0.696. The first-order valence-corrected chi connectivity index (χ1v) is 11.5. The summed E-state index contributed by atoms with van der Waals surface area (Å²) in [7, 11) is 0. The Kier molecular flexibility index (Phi) is 4.69. The lowest BCUT2D eigenvalue weighted by Gasteiger charge is -2.37. The van der Waals surface area contributed by atoms with Crippen LogP contribution in [0.3, 0.4) is 0 Å². The van der Waals surface area contributed by atoms with E-state index in [-0.39, 0.29) is 11.8 Å². The Morgan fingerprint density at radius 2 is 1.79 bits per heavy atom. The van der Waals surface area contributed by atoms with Crippen molar-refractivity contribution in [2.24, 2.45) is 0 Å². The van der Waals surface area contributed by atoms with Crippen LogP contribution in [0, 0.1) is 11.6 Å². The summed E-state index contributed by atoms with van der Waals surface area (Å²) in [6.45, 7) is 1.47. The van der Waals surface area contributed by atoms with Gasteiger partial charge in [-0.15, -0.1) is 0 Å². The monoisotopic (exact) mass is 454 g/mol. The minimum Gasteiger partial charge on any atom is -0.493 e. The van der Waals surface area contributed by atoms with Crippen LogP contribution in [0.15, 0.2) is 36.4 Å². The maximum atomic E-state index is 13.8. The lowest BCUT2D eigenvalue weighted by atomic mass is 9.89. The minimum atomic E-state index is -0.974. The van der Waals surface area contributed by atoms with Crippen molar-refractivity contribution < 1.29 is 27.8 Å². The Morgan fingerprint density at radius 1 is 1.03 bits per heavy atom. The number of piperidine rings is 1. The molecular weight excluding hydrogens is 430 g/mol. The first-order valence-electron chi connectivity index (χ1n) is 11.5. The number of nitrogens with zero attached hydrogens (tertiary/aromatic N) is 2. The highest BCUT2D eigenvalue weighted by molar-refractivity contribution is 5.95. The summed E-state index contributed by atoms with van der Waals surface area (Å²) in [5.74, 6) is -0.663. The molecule has 2 aromatic carbocycles. The van der Waals surface area contributed by atoms with Crippen molar-refractivity contribution >= 4 is 11.8 Å². The van der Waals surface area contributed by atoms with Gasteiger partial charge < -0.3 is 19.3 Å². The zero-order chi connectivity index (χ0) is 22.7. The van der Waals surface area contributed by atoms with Crippen LogP contribution in [-0.4, -0.2) is 53.1 Å². The van der Waals surface area contributed by atoms with E-state index in [1.54, 1.807) is 15.9 Å². The second kappa shape index (κ2) is 7.52. The van der Waals surface area contributed by atoms with E-state index in [0.717, 1.165) is 23.8 Å². The molecule has 8 heteroatoms. The van der Waals surface area contributed by atoms with Gasteiger partial charge in [-0.25, -0.2) is 8.78 Å². The van der Waals surface area contributed by atoms with Gasteiger partial charge in [-0.05, 0) is 54.3 Å². The van der Waals surface area contributed by atoms with Gasteiger partial charge in [0.05, 0.1) is 12.6 Å². The predicted molar refractivity (Wildman–Crippen MR) is 114 cm³/mol. The minimum absolute atomic E-state index is 0.0568. The van der Waals surface area contributed by atoms with E-state index in [1.165, 1.54) is 12.1 Å². The van der Waals surface area contributed by atoms with E-state index in [9.17, 15) is 18.4 Å². The van der Waals surface area contributed by atoms with Crippen LogP contribution in [-0.2, 0) is 16.0 Å². The first kappa shape index (κ1) is 20.6. The van der Waals surface area contributed by atoms with Gasteiger partial charge in [-0.2, -0.15) is 0 Å². The number of carbonyl (C=O) groups is 2. The maximum Gasteiger partial charge on any atom is 0.257 e. The highest BCUT2D eigenvalue weighted by Crippen LogP contribution is 2.47. The number of rotatable bonds is 2. The van der Waals surface area contributed by atoms with E-state index in [1.807, 2.05) is 12.1 Å². The fraction of sp³-hybridized carbons (Fsp3) is 0.440. The van der Waals surface area contributed by atoms with Gasteiger partial charge >= 0.3 is 0 Å². The SMILES string of the molecule is O=C(c1ccc2c(c1)CCO2)N1CCC2(CC1)OC1CCC(c3cc(F)cc(F)c3)N1C2=O. The van der Waals surface area contributed by atoms with Crippen molar-refractivity contribution in [3.05, 3.63) is 64.7 Å². The number of carbonyl (C=O) groups excluding carboxylic acids is 2. The Hall–Kier alpha value is -3.00. The van der Waals surface area contributed by atoms with E-state index in [0.29, 0.717) is 56.5 Å². The van der Waals surface area contributed by atoms with E-state index in [4.69, 9.17) is 9.47 Å². The summed E-state index contributed by atoms with van der Waals surface area (Å²) < 4.78 is 39.4. The molecule has 0 aromatic heterocycles. The molecule has 0 bridgehead atoms. The van der Waals surface area contributed by atoms with Crippen molar-refractivity contribution in [2.75, 3.05) is 19.7 Å². The lowest BCUT2D eigenvalue weighted by molar-refractivity contribution is -0.142. The molecule has 3 saturated heterocycles. The number of amides is 2. The molecule has 2 aromatic rings. The Morgan fingerprint density at radius 3 is 2.55 bits per heavy atom. The largest absolute Gasteiger partial charge is 0.493 e. The lowest BCUT2D eigenvalue weighted by Crippen LogP contribution is -2.51. The number of hydrogen-bond donors (Lipinski definition) is 0. The average Bonchev–Trinajstić information content (AvgIpc) is 3.49.